The van der Waals surface area contributed by atoms with Crippen LogP contribution in [0.4, 0.5) is 0 Å². The summed E-state index contributed by atoms with van der Waals surface area (Å²) in [6.07, 6.45) is 0.554. The molecule has 0 spiro atoms. The summed E-state index contributed by atoms with van der Waals surface area (Å²) in [5, 5.41) is 7.89. The quantitative estimate of drug-likeness (QED) is 0.542. The van der Waals surface area contributed by atoms with Gasteiger partial charge in [-0.3, -0.25) is 4.79 Å². The molecule has 7 nitrogen and oxygen atoms in total. The van der Waals surface area contributed by atoms with Crippen LogP contribution in [0.3, 0.4) is 0 Å². The molecule has 29 heavy (non-hydrogen) atoms. The Morgan fingerprint density at radius 1 is 1.10 bits per heavy atom. The molecule has 0 aliphatic heterocycles. The summed E-state index contributed by atoms with van der Waals surface area (Å²) in [6, 6.07) is 12.5. The molecule has 1 N–H and O–H groups in total. The van der Waals surface area contributed by atoms with Crippen LogP contribution >= 0.6 is 23.2 Å². The number of hydrogen-bond acceptors (Lipinski definition) is 5. The Labute approximate surface area is 178 Å². The van der Waals surface area contributed by atoms with E-state index in [1.54, 1.807) is 37.4 Å². The van der Waals surface area contributed by atoms with Gasteiger partial charge in [-0.1, -0.05) is 48.3 Å². The highest BCUT2D eigenvalue weighted by Crippen LogP contribution is 2.29. The van der Waals surface area contributed by atoms with Gasteiger partial charge in [0.2, 0.25) is 5.82 Å². The Hall–Kier alpha value is -2.77. The Kier molecular flexibility index (Phi) is 6.95. The maximum atomic E-state index is 12.5. The van der Waals surface area contributed by atoms with E-state index in [4.69, 9.17) is 32.7 Å². The summed E-state index contributed by atoms with van der Waals surface area (Å²) in [6.45, 7) is 2.46. The lowest BCUT2D eigenvalue weighted by molar-refractivity contribution is 0.0936. The summed E-state index contributed by atoms with van der Waals surface area (Å²) in [5.74, 6) is 1.44. The molecule has 0 bridgehead atoms. The van der Waals surface area contributed by atoms with E-state index in [9.17, 15) is 4.79 Å². The molecular formula is C20H20Cl2N4O3. The zero-order valence-corrected chi connectivity index (χ0v) is 17.5. The molecule has 0 radical (unpaired) electrons. The Morgan fingerprint density at radius 3 is 2.45 bits per heavy atom. The monoisotopic (exact) mass is 434 g/mol. The van der Waals surface area contributed by atoms with Crippen molar-refractivity contribution in [3.63, 3.8) is 0 Å². The zero-order valence-electron chi connectivity index (χ0n) is 16.0. The maximum Gasteiger partial charge on any atom is 0.291 e. The minimum atomic E-state index is -0.412. The molecule has 9 heteroatoms. The second-order valence-corrected chi connectivity index (χ2v) is 6.76. The number of benzene rings is 2. The van der Waals surface area contributed by atoms with E-state index in [0.717, 1.165) is 0 Å². The molecule has 3 rings (SSSR count). The van der Waals surface area contributed by atoms with Crippen LogP contribution in [0.1, 0.15) is 23.4 Å². The van der Waals surface area contributed by atoms with Gasteiger partial charge in [0.25, 0.3) is 5.91 Å². The number of aromatic nitrogens is 3. The molecule has 2 aromatic carbocycles. The number of ether oxygens (including phenoxy) is 2. The second kappa shape index (κ2) is 9.62. The van der Waals surface area contributed by atoms with Crippen molar-refractivity contribution in [2.24, 2.45) is 0 Å². The van der Waals surface area contributed by atoms with Gasteiger partial charge in [-0.25, -0.2) is 9.67 Å². The van der Waals surface area contributed by atoms with Crippen molar-refractivity contribution in [1.29, 1.82) is 0 Å². The fraction of sp³-hybridized carbons (Fsp3) is 0.250. The molecule has 0 saturated carbocycles. The number of hydrogen-bond donors (Lipinski definition) is 1. The number of carbonyl (C=O) groups excluding carboxylic acids is 1. The summed E-state index contributed by atoms with van der Waals surface area (Å²) in [7, 11) is 1.57. The van der Waals surface area contributed by atoms with Gasteiger partial charge < -0.3 is 14.8 Å². The molecular weight excluding hydrogens is 415 g/mol. The number of rotatable bonds is 8. The Bertz CT molecular complexity index is 987. The Morgan fingerprint density at radius 2 is 1.79 bits per heavy atom. The van der Waals surface area contributed by atoms with Crippen molar-refractivity contribution >= 4 is 29.1 Å². The predicted molar refractivity (Wildman–Crippen MR) is 112 cm³/mol. The summed E-state index contributed by atoms with van der Waals surface area (Å²) >= 11 is 12.5. The summed E-state index contributed by atoms with van der Waals surface area (Å²) in [5.41, 5.74) is 0.499. The van der Waals surface area contributed by atoms with E-state index in [-0.39, 0.29) is 19.0 Å². The third kappa shape index (κ3) is 4.81. The summed E-state index contributed by atoms with van der Waals surface area (Å²) in [4.78, 5) is 16.8. The number of nitrogens with zero attached hydrogens (tertiary/aromatic N) is 3. The average Bonchev–Trinajstić information content (AvgIpc) is 3.15. The molecule has 0 saturated heterocycles. The third-order valence-electron chi connectivity index (χ3n) is 4.06. The van der Waals surface area contributed by atoms with Gasteiger partial charge in [0.05, 0.1) is 23.7 Å². The van der Waals surface area contributed by atoms with Gasteiger partial charge in [-0.05, 0) is 24.3 Å². The second-order valence-electron chi connectivity index (χ2n) is 5.94. The number of carbonyl (C=O) groups is 1. The standard InChI is InChI=1S/C20H20Cl2N4O3/c1-3-17-24-19(25-26(17)18-13(21)7-6-8-14(18)22)20(27)23-11-12-29-16-10-5-4-9-15(16)28-2/h4-10H,3,11-12H2,1-2H3,(H,23,27). The Balaban J connectivity index is 1.67. The van der Waals surface area contributed by atoms with Crippen molar-refractivity contribution in [3.8, 4) is 17.2 Å². The molecule has 152 valence electrons. The average molecular weight is 435 g/mol. The zero-order chi connectivity index (χ0) is 20.8. The number of amides is 1. The molecule has 0 aliphatic carbocycles. The van der Waals surface area contributed by atoms with Crippen LogP contribution in [-0.4, -0.2) is 40.9 Å². The highest BCUT2D eigenvalue weighted by atomic mass is 35.5. The van der Waals surface area contributed by atoms with E-state index >= 15 is 0 Å². The van der Waals surface area contributed by atoms with Crippen LogP contribution in [-0.2, 0) is 6.42 Å². The minimum Gasteiger partial charge on any atom is -0.493 e. The van der Waals surface area contributed by atoms with Crippen molar-refractivity contribution < 1.29 is 14.3 Å². The van der Waals surface area contributed by atoms with E-state index in [0.29, 0.717) is 39.5 Å². The molecule has 3 aromatic rings. The van der Waals surface area contributed by atoms with Crippen LogP contribution < -0.4 is 14.8 Å². The van der Waals surface area contributed by atoms with Gasteiger partial charge in [0.1, 0.15) is 18.1 Å². The molecule has 0 unspecified atom stereocenters. The fourth-order valence-corrected chi connectivity index (χ4v) is 3.24. The first-order valence-corrected chi connectivity index (χ1v) is 9.75. The molecule has 1 heterocycles. The van der Waals surface area contributed by atoms with Crippen LogP contribution in [0.25, 0.3) is 5.69 Å². The SMILES string of the molecule is CCc1nc(C(=O)NCCOc2ccccc2OC)nn1-c1c(Cl)cccc1Cl. The van der Waals surface area contributed by atoms with E-state index < -0.39 is 5.91 Å². The van der Waals surface area contributed by atoms with Crippen LogP contribution in [0, 0.1) is 0 Å². The lowest BCUT2D eigenvalue weighted by atomic mass is 10.3. The number of aryl methyl sites for hydroxylation is 1. The predicted octanol–water partition coefficient (Wildman–Crippen LogP) is 3.95. The first-order valence-electron chi connectivity index (χ1n) is 8.99. The smallest absolute Gasteiger partial charge is 0.291 e. The lowest BCUT2D eigenvalue weighted by Gasteiger charge is -2.10. The van der Waals surface area contributed by atoms with Gasteiger partial charge >= 0.3 is 0 Å². The number of halogens is 2. The van der Waals surface area contributed by atoms with E-state index in [2.05, 4.69) is 15.4 Å². The fourth-order valence-electron chi connectivity index (χ4n) is 2.68. The number of methoxy groups -OCH3 is 1. The minimum absolute atomic E-state index is 0.0372. The first kappa shape index (κ1) is 21.0. The van der Waals surface area contributed by atoms with Crippen molar-refractivity contribution in [2.45, 2.75) is 13.3 Å². The van der Waals surface area contributed by atoms with Crippen LogP contribution in [0.2, 0.25) is 10.0 Å². The van der Waals surface area contributed by atoms with Gasteiger partial charge in [-0.2, -0.15) is 0 Å². The molecule has 1 amide bonds. The summed E-state index contributed by atoms with van der Waals surface area (Å²) < 4.78 is 12.4. The van der Waals surface area contributed by atoms with Gasteiger partial charge in [0.15, 0.2) is 11.5 Å². The van der Waals surface area contributed by atoms with Crippen molar-refractivity contribution in [2.75, 3.05) is 20.3 Å². The van der Waals surface area contributed by atoms with E-state index in [1.807, 2.05) is 19.1 Å². The highest BCUT2D eigenvalue weighted by molar-refractivity contribution is 6.37. The van der Waals surface area contributed by atoms with Crippen molar-refractivity contribution in [1.82, 2.24) is 20.1 Å². The number of nitrogens with one attached hydrogen (secondary N) is 1. The molecule has 0 fully saturated rings. The van der Waals surface area contributed by atoms with Crippen LogP contribution in [0.5, 0.6) is 11.5 Å². The molecule has 0 aliphatic rings. The normalized spacial score (nSPS) is 10.6. The van der Waals surface area contributed by atoms with Crippen LogP contribution in [0.15, 0.2) is 42.5 Å². The third-order valence-corrected chi connectivity index (χ3v) is 4.67. The topological polar surface area (TPSA) is 78.3 Å². The molecule has 0 atom stereocenters. The lowest BCUT2D eigenvalue weighted by Crippen LogP contribution is -2.29. The first-order chi connectivity index (χ1) is 14.0. The highest BCUT2D eigenvalue weighted by Gasteiger charge is 2.19. The van der Waals surface area contributed by atoms with Gasteiger partial charge in [0, 0.05) is 6.42 Å². The van der Waals surface area contributed by atoms with Crippen molar-refractivity contribution in [3.05, 3.63) is 64.2 Å². The molecule has 1 aromatic heterocycles. The van der Waals surface area contributed by atoms with E-state index in [1.165, 1.54) is 4.68 Å². The number of para-hydroxylation sites is 3. The largest absolute Gasteiger partial charge is 0.493 e. The van der Waals surface area contributed by atoms with Gasteiger partial charge in [-0.15, -0.1) is 5.10 Å². The maximum absolute atomic E-state index is 12.5.